The van der Waals surface area contributed by atoms with Gasteiger partial charge in [0.1, 0.15) is 0 Å². The van der Waals surface area contributed by atoms with Crippen molar-refractivity contribution in [1.82, 2.24) is 4.90 Å². The molecule has 3 aliphatic rings. The largest absolute Gasteiger partial charge is 0.329 e. The lowest BCUT2D eigenvalue weighted by Gasteiger charge is -2.52. The molecule has 0 radical (unpaired) electrons. The summed E-state index contributed by atoms with van der Waals surface area (Å²) in [5.74, 6) is 1.41. The monoisotopic (exact) mass is 286 g/mol. The van der Waals surface area contributed by atoms with Crippen molar-refractivity contribution in [3.8, 4) is 0 Å². The Morgan fingerprint density at radius 3 is 2.58 bits per heavy atom. The average Bonchev–Trinajstić information content (AvgIpc) is 2.75. The van der Waals surface area contributed by atoms with Gasteiger partial charge in [0.2, 0.25) is 0 Å². The second-order valence-electron chi connectivity index (χ2n) is 6.72. The Hall–Kier alpha value is -0.130. The number of nitrogens with zero attached hydrogens (tertiary/aromatic N) is 1. The van der Waals surface area contributed by atoms with E-state index >= 15 is 0 Å². The Balaban J connectivity index is 1.86. The molecule has 2 aliphatic heterocycles. The number of hydrogen-bond donors (Lipinski definition) is 1. The van der Waals surface area contributed by atoms with Gasteiger partial charge < -0.3 is 5.73 Å². The molecule has 2 N–H and O–H groups in total. The van der Waals surface area contributed by atoms with Crippen LogP contribution in [-0.4, -0.2) is 49.5 Å². The van der Waals surface area contributed by atoms with Gasteiger partial charge in [-0.1, -0.05) is 12.8 Å². The number of fused-ring (bicyclic) bond motifs is 1. The van der Waals surface area contributed by atoms with Crippen LogP contribution in [0, 0.1) is 5.92 Å². The zero-order valence-electron chi connectivity index (χ0n) is 11.7. The highest BCUT2D eigenvalue weighted by atomic mass is 32.2. The number of piperidine rings is 1. The van der Waals surface area contributed by atoms with Crippen LogP contribution in [0.3, 0.4) is 0 Å². The van der Waals surface area contributed by atoms with Crippen LogP contribution in [0.4, 0.5) is 0 Å². The lowest BCUT2D eigenvalue weighted by atomic mass is 9.76. The number of sulfone groups is 1. The van der Waals surface area contributed by atoms with E-state index in [1.807, 2.05) is 0 Å². The predicted octanol–water partition coefficient (Wildman–Crippen LogP) is 1.16. The SMILES string of the molecule is NCC1(N2CCCC3CCCCC32)CCS(=O)(=O)C1. The van der Waals surface area contributed by atoms with E-state index in [0.717, 1.165) is 18.9 Å². The number of likely N-dealkylation sites (tertiary alicyclic amines) is 1. The molecule has 1 aliphatic carbocycles. The normalized spacial score (nSPS) is 43.0. The van der Waals surface area contributed by atoms with Crippen molar-refractivity contribution >= 4 is 9.84 Å². The first-order chi connectivity index (χ1) is 9.06. The van der Waals surface area contributed by atoms with Gasteiger partial charge in [-0.25, -0.2) is 8.42 Å². The molecule has 0 bridgehead atoms. The minimum absolute atomic E-state index is 0.250. The molecular formula is C14H26N2O2S. The van der Waals surface area contributed by atoms with E-state index in [4.69, 9.17) is 5.73 Å². The lowest BCUT2D eigenvalue weighted by molar-refractivity contribution is -0.0139. The molecule has 19 heavy (non-hydrogen) atoms. The van der Waals surface area contributed by atoms with Crippen LogP contribution in [0.25, 0.3) is 0 Å². The summed E-state index contributed by atoms with van der Waals surface area (Å²) in [5.41, 5.74) is 5.79. The molecule has 5 heteroatoms. The van der Waals surface area contributed by atoms with Gasteiger partial charge >= 0.3 is 0 Å². The molecule has 4 nitrogen and oxygen atoms in total. The molecule has 3 unspecified atom stereocenters. The van der Waals surface area contributed by atoms with Crippen LogP contribution < -0.4 is 5.73 Å². The van der Waals surface area contributed by atoms with Crippen LogP contribution in [0.2, 0.25) is 0 Å². The van der Waals surface area contributed by atoms with Gasteiger partial charge in [0.25, 0.3) is 0 Å². The molecule has 0 aromatic rings. The summed E-state index contributed by atoms with van der Waals surface area (Å²) in [6.45, 7) is 1.54. The highest BCUT2D eigenvalue weighted by Gasteiger charge is 2.50. The van der Waals surface area contributed by atoms with E-state index in [1.165, 1.54) is 38.5 Å². The third kappa shape index (κ3) is 2.45. The zero-order valence-corrected chi connectivity index (χ0v) is 12.5. The Labute approximate surface area is 116 Å². The molecule has 2 saturated heterocycles. The molecule has 0 aromatic heterocycles. The van der Waals surface area contributed by atoms with Crippen molar-refractivity contribution in [3.05, 3.63) is 0 Å². The molecule has 1 saturated carbocycles. The predicted molar refractivity (Wildman–Crippen MR) is 76.7 cm³/mol. The smallest absolute Gasteiger partial charge is 0.152 e. The van der Waals surface area contributed by atoms with Crippen molar-refractivity contribution in [2.75, 3.05) is 24.6 Å². The quantitative estimate of drug-likeness (QED) is 0.827. The summed E-state index contributed by atoms with van der Waals surface area (Å²) in [6, 6.07) is 0.597. The van der Waals surface area contributed by atoms with Gasteiger partial charge in [0.15, 0.2) is 9.84 Å². The summed E-state index contributed by atoms with van der Waals surface area (Å²) in [5, 5.41) is 0. The first-order valence-corrected chi connectivity index (χ1v) is 9.56. The molecule has 0 spiro atoms. The van der Waals surface area contributed by atoms with Crippen LogP contribution in [-0.2, 0) is 9.84 Å². The maximum atomic E-state index is 11.9. The second kappa shape index (κ2) is 5.01. The van der Waals surface area contributed by atoms with E-state index in [2.05, 4.69) is 4.90 Å². The average molecular weight is 286 g/mol. The molecule has 0 amide bonds. The van der Waals surface area contributed by atoms with Crippen molar-refractivity contribution in [2.45, 2.75) is 56.5 Å². The molecule has 2 heterocycles. The number of hydrogen-bond acceptors (Lipinski definition) is 4. The lowest BCUT2D eigenvalue weighted by Crippen LogP contribution is -2.62. The minimum atomic E-state index is -2.87. The third-order valence-electron chi connectivity index (χ3n) is 5.60. The van der Waals surface area contributed by atoms with Crippen molar-refractivity contribution in [2.24, 2.45) is 11.7 Å². The fourth-order valence-corrected chi connectivity index (χ4v) is 6.70. The van der Waals surface area contributed by atoms with Gasteiger partial charge in [-0.15, -0.1) is 0 Å². The van der Waals surface area contributed by atoms with Crippen LogP contribution in [0.5, 0.6) is 0 Å². The molecule has 3 fully saturated rings. The number of nitrogens with two attached hydrogens (primary N) is 1. The first kappa shape index (κ1) is 13.8. The van der Waals surface area contributed by atoms with Gasteiger partial charge in [-0.3, -0.25) is 4.90 Å². The highest BCUT2D eigenvalue weighted by molar-refractivity contribution is 7.91. The van der Waals surface area contributed by atoms with E-state index in [0.29, 0.717) is 24.1 Å². The highest BCUT2D eigenvalue weighted by Crippen LogP contribution is 2.41. The first-order valence-electron chi connectivity index (χ1n) is 7.74. The minimum Gasteiger partial charge on any atom is -0.329 e. The standard InChI is InChI=1S/C14H26N2O2S/c15-10-14(7-9-19(17,18)11-14)16-8-3-5-12-4-1-2-6-13(12)16/h12-13H,1-11,15H2. The topological polar surface area (TPSA) is 63.4 Å². The van der Waals surface area contributed by atoms with E-state index < -0.39 is 9.84 Å². The Morgan fingerprint density at radius 2 is 1.89 bits per heavy atom. The maximum Gasteiger partial charge on any atom is 0.152 e. The molecule has 110 valence electrons. The summed E-state index contributed by atoms with van der Waals surface area (Å²) >= 11 is 0. The van der Waals surface area contributed by atoms with Crippen LogP contribution >= 0.6 is 0 Å². The molecule has 3 rings (SSSR count). The van der Waals surface area contributed by atoms with Gasteiger partial charge in [-0.05, 0) is 44.6 Å². The van der Waals surface area contributed by atoms with Gasteiger partial charge in [0, 0.05) is 18.1 Å². The Kier molecular flexibility index (Phi) is 3.65. The fraction of sp³-hybridized carbons (Fsp3) is 1.00. The zero-order chi connectivity index (χ0) is 13.5. The summed E-state index contributed by atoms with van der Waals surface area (Å²) < 4.78 is 23.9. The molecule has 0 aromatic carbocycles. The van der Waals surface area contributed by atoms with Crippen molar-refractivity contribution < 1.29 is 8.42 Å². The van der Waals surface area contributed by atoms with E-state index in [-0.39, 0.29) is 5.54 Å². The third-order valence-corrected chi connectivity index (χ3v) is 7.40. The van der Waals surface area contributed by atoms with E-state index in [1.54, 1.807) is 0 Å². The summed E-state index contributed by atoms with van der Waals surface area (Å²) in [4.78, 5) is 2.52. The van der Waals surface area contributed by atoms with Crippen LogP contribution in [0.15, 0.2) is 0 Å². The van der Waals surface area contributed by atoms with E-state index in [9.17, 15) is 8.42 Å². The maximum absolute atomic E-state index is 11.9. The van der Waals surface area contributed by atoms with Gasteiger partial charge in [0.05, 0.1) is 11.5 Å². The Morgan fingerprint density at radius 1 is 1.16 bits per heavy atom. The van der Waals surface area contributed by atoms with Gasteiger partial charge in [-0.2, -0.15) is 0 Å². The fourth-order valence-electron chi connectivity index (χ4n) is 4.62. The Bertz CT molecular complexity index is 435. The number of rotatable bonds is 2. The van der Waals surface area contributed by atoms with Crippen LogP contribution in [0.1, 0.15) is 44.9 Å². The van der Waals surface area contributed by atoms with Crippen molar-refractivity contribution in [1.29, 1.82) is 0 Å². The summed E-state index contributed by atoms with van der Waals surface area (Å²) in [7, 11) is -2.87. The summed E-state index contributed by atoms with van der Waals surface area (Å²) in [6.07, 6.45) is 8.50. The molecular weight excluding hydrogens is 260 g/mol. The van der Waals surface area contributed by atoms with Crippen molar-refractivity contribution in [3.63, 3.8) is 0 Å². The second-order valence-corrected chi connectivity index (χ2v) is 8.90. The molecule has 3 atom stereocenters.